The Hall–Kier alpha value is -9.02. The predicted molar refractivity (Wildman–Crippen MR) is 305 cm³/mol. The van der Waals surface area contributed by atoms with Crippen molar-refractivity contribution in [2.75, 3.05) is 4.90 Å². The Bertz CT molecular complexity index is 3920. The topological polar surface area (TPSA) is 8.17 Å². The smallest absolute Gasteiger partial charge is 0.179 e. The molecule has 0 unspecified atom stereocenters. The van der Waals surface area contributed by atoms with Crippen molar-refractivity contribution in [1.82, 2.24) is 4.57 Å². The highest BCUT2D eigenvalue weighted by atomic mass is 28.3. The van der Waals surface area contributed by atoms with Gasteiger partial charge < -0.3 is 9.47 Å². The quantitative estimate of drug-likeness (QED) is 0.0980. The van der Waals surface area contributed by atoms with E-state index in [9.17, 15) is 0 Å². The van der Waals surface area contributed by atoms with Gasteiger partial charge >= 0.3 is 0 Å². The number of aromatic nitrogens is 1. The first kappa shape index (κ1) is 42.1. The van der Waals surface area contributed by atoms with E-state index in [1.165, 1.54) is 86.5 Å². The van der Waals surface area contributed by atoms with Gasteiger partial charge in [0.25, 0.3) is 0 Å². The van der Waals surface area contributed by atoms with Crippen molar-refractivity contribution in [3.63, 3.8) is 0 Å². The van der Waals surface area contributed by atoms with Crippen LogP contribution in [0.25, 0.3) is 71.3 Å². The molecule has 0 bridgehead atoms. The van der Waals surface area contributed by atoms with Gasteiger partial charge in [0.2, 0.25) is 0 Å². The number of anilines is 3. The van der Waals surface area contributed by atoms with Gasteiger partial charge in [-0.2, -0.15) is 0 Å². The van der Waals surface area contributed by atoms with Crippen LogP contribution in [-0.4, -0.2) is 12.6 Å². The Morgan fingerprint density at radius 2 is 0.746 bits per heavy atom. The number of fused-ring (bicyclic) bond motifs is 5. The van der Waals surface area contributed by atoms with Crippen LogP contribution in [0.5, 0.6) is 0 Å². The number of benzene rings is 12. The third-order valence-corrected chi connectivity index (χ3v) is 19.3. The number of para-hydroxylation sites is 1. The third kappa shape index (κ3) is 7.17. The molecular formula is C68H48N2Si. The van der Waals surface area contributed by atoms with Gasteiger partial charge in [-0.1, -0.05) is 237 Å². The summed E-state index contributed by atoms with van der Waals surface area (Å²) in [6, 6.07) is 107. The van der Waals surface area contributed by atoms with E-state index in [1.807, 2.05) is 0 Å². The lowest BCUT2D eigenvalue weighted by molar-refractivity contribution is 1.20. The van der Waals surface area contributed by atoms with E-state index < -0.39 is 8.07 Å². The molecule has 0 spiro atoms. The number of hydrogen-bond acceptors (Lipinski definition) is 1. The summed E-state index contributed by atoms with van der Waals surface area (Å²) in [7, 11) is -2.74. The molecule has 12 aromatic carbocycles. The molecule has 13 rings (SSSR count). The Morgan fingerprint density at radius 3 is 1.41 bits per heavy atom. The van der Waals surface area contributed by atoms with Crippen LogP contribution in [0, 0.1) is 0 Å². The molecule has 1 aromatic heterocycles. The fraction of sp³-hybridized carbons (Fsp3) is 0. The zero-order valence-electron chi connectivity index (χ0n) is 39.1. The lowest BCUT2D eigenvalue weighted by Gasteiger charge is -2.35. The van der Waals surface area contributed by atoms with E-state index in [0.29, 0.717) is 0 Å². The minimum Gasteiger partial charge on any atom is -0.310 e. The summed E-state index contributed by atoms with van der Waals surface area (Å²) in [5, 5.41) is 12.8. The first-order chi connectivity index (χ1) is 35.2. The highest BCUT2D eigenvalue weighted by Gasteiger charge is 2.41. The average molecular weight is 921 g/mol. The van der Waals surface area contributed by atoms with Gasteiger partial charge in [0.1, 0.15) is 0 Å². The molecule has 0 radical (unpaired) electrons. The largest absolute Gasteiger partial charge is 0.310 e. The normalized spacial score (nSPS) is 11.7. The molecule has 0 aliphatic carbocycles. The second-order valence-corrected chi connectivity index (χ2v) is 22.2. The van der Waals surface area contributed by atoms with E-state index >= 15 is 0 Å². The van der Waals surface area contributed by atoms with Crippen molar-refractivity contribution >= 4 is 89.2 Å². The highest BCUT2D eigenvalue weighted by molar-refractivity contribution is 7.19. The van der Waals surface area contributed by atoms with E-state index in [0.717, 1.165) is 22.6 Å². The summed E-state index contributed by atoms with van der Waals surface area (Å²) in [6.45, 7) is 0. The molecule has 0 aliphatic heterocycles. The van der Waals surface area contributed by atoms with E-state index in [-0.39, 0.29) is 0 Å². The minimum absolute atomic E-state index is 1.08. The summed E-state index contributed by atoms with van der Waals surface area (Å²) in [5.41, 5.74) is 11.6. The minimum atomic E-state index is -2.74. The maximum absolute atomic E-state index is 2.74. The zero-order valence-corrected chi connectivity index (χ0v) is 40.1. The van der Waals surface area contributed by atoms with Crippen LogP contribution in [0.3, 0.4) is 0 Å². The lowest BCUT2D eigenvalue weighted by Crippen LogP contribution is -2.74. The van der Waals surface area contributed by atoms with Crippen molar-refractivity contribution in [2.24, 2.45) is 0 Å². The zero-order chi connectivity index (χ0) is 47.1. The second kappa shape index (κ2) is 17.8. The van der Waals surface area contributed by atoms with Crippen LogP contribution in [-0.2, 0) is 0 Å². The lowest BCUT2D eigenvalue weighted by atomic mass is 9.97. The molecule has 334 valence electrons. The Labute approximate surface area is 415 Å². The van der Waals surface area contributed by atoms with Gasteiger partial charge in [-0.15, -0.1) is 0 Å². The molecule has 0 saturated heterocycles. The molecule has 3 heteroatoms. The molecule has 0 atom stereocenters. The van der Waals surface area contributed by atoms with Crippen molar-refractivity contribution in [1.29, 1.82) is 0 Å². The maximum atomic E-state index is 2.45. The maximum Gasteiger partial charge on any atom is 0.179 e. The van der Waals surface area contributed by atoms with Gasteiger partial charge in [0, 0.05) is 33.2 Å². The van der Waals surface area contributed by atoms with Gasteiger partial charge in [0.05, 0.1) is 16.7 Å². The monoisotopic (exact) mass is 920 g/mol. The molecule has 0 saturated carbocycles. The Morgan fingerprint density at radius 1 is 0.282 bits per heavy atom. The molecule has 13 aromatic rings. The van der Waals surface area contributed by atoms with Gasteiger partial charge in [-0.25, -0.2) is 0 Å². The van der Waals surface area contributed by atoms with E-state index in [4.69, 9.17) is 0 Å². The van der Waals surface area contributed by atoms with Gasteiger partial charge in [0.15, 0.2) is 8.07 Å². The van der Waals surface area contributed by atoms with Crippen LogP contribution >= 0.6 is 0 Å². The van der Waals surface area contributed by atoms with Crippen molar-refractivity contribution < 1.29 is 0 Å². The highest BCUT2D eigenvalue weighted by Crippen LogP contribution is 2.43. The Kier molecular flexibility index (Phi) is 10.6. The van der Waals surface area contributed by atoms with E-state index in [2.05, 4.69) is 301 Å². The molecule has 2 nitrogen and oxygen atoms in total. The Balaban J connectivity index is 0.990. The second-order valence-electron chi connectivity index (χ2n) is 18.4. The van der Waals surface area contributed by atoms with Crippen LogP contribution in [0.2, 0.25) is 0 Å². The molecule has 0 N–H and O–H groups in total. The standard InChI is InChI=1S/C68H48N2Si/c1-4-26-56(27-5-1)71(57-28-6-2-7-29-57,58-30-8-3-9-31-58)59-46-44-54(45-47-59)69(53-42-40-51(41-43-53)61-35-17-22-49-20-10-12-32-60(49)61)55-25-16-24-52(48-55)63-36-19-39-67-68(63)64-34-14-15-37-66(64)70(67)65-38-18-23-50-21-11-13-33-62(50)65/h1-48H. The fourth-order valence-electron chi connectivity index (χ4n) is 11.4. The van der Waals surface area contributed by atoms with E-state index in [1.54, 1.807) is 0 Å². The third-order valence-electron chi connectivity index (χ3n) is 14.5. The van der Waals surface area contributed by atoms with Crippen LogP contribution in [0.4, 0.5) is 17.1 Å². The first-order valence-corrected chi connectivity index (χ1v) is 26.5. The number of nitrogens with zero attached hydrogens (tertiary/aromatic N) is 2. The van der Waals surface area contributed by atoms with Crippen molar-refractivity contribution in [2.45, 2.75) is 0 Å². The summed E-state index contributed by atoms with van der Waals surface area (Å²) >= 11 is 0. The molecule has 71 heavy (non-hydrogen) atoms. The first-order valence-electron chi connectivity index (χ1n) is 24.5. The predicted octanol–water partition coefficient (Wildman–Crippen LogP) is 15.3. The number of rotatable bonds is 10. The SMILES string of the molecule is c1ccc([Si](c2ccccc2)(c2ccccc2)c2ccc(N(c3ccc(-c4cccc5ccccc45)cc3)c3cccc(-c4cccc5c4c4ccccc4n5-c4cccc5ccccc45)c3)cc2)cc1. The summed E-state index contributed by atoms with van der Waals surface area (Å²) in [6.07, 6.45) is 0. The van der Waals surface area contributed by atoms with Crippen molar-refractivity contribution in [3.05, 3.63) is 291 Å². The summed E-state index contributed by atoms with van der Waals surface area (Å²) in [4.78, 5) is 2.43. The average Bonchev–Trinajstić information content (AvgIpc) is 3.79. The van der Waals surface area contributed by atoms with Crippen LogP contribution in [0.1, 0.15) is 0 Å². The molecule has 0 aliphatic rings. The fourth-order valence-corrected chi connectivity index (χ4v) is 16.1. The summed E-state index contributed by atoms with van der Waals surface area (Å²) < 4.78 is 2.45. The van der Waals surface area contributed by atoms with Crippen LogP contribution < -0.4 is 25.6 Å². The number of hydrogen-bond donors (Lipinski definition) is 0. The molecule has 1 heterocycles. The van der Waals surface area contributed by atoms with Gasteiger partial charge in [-0.3, -0.25) is 0 Å². The molecule has 0 amide bonds. The van der Waals surface area contributed by atoms with Crippen molar-refractivity contribution in [3.8, 4) is 27.9 Å². The molecule has 0 fully saturated rings. The molecular weight excluding hydrogens is 873 g/mol. The van der Waals surface area contributed by atoms with Gasteiger partial charge in [-0.05, 0) is 114 Å². The summed E-state index contributed by atoms with van der Waals surface area (Å²) in [5.74, 6) is 0. The van der Waals surface area contributed by atoms with Crippen LogP contribution in [0.15, 0.2) is 291 Å².